The van der Waals surface area contributed by atoms with Gasteiger partial charge in [-0.2, -0.15) is 0 Å². The van der Waals surface area contributed by atoms with Crippen molar-refractivity contribution in [3.63, 3.8) is 0 Å². The van der Waals surface area contributed by atoms with Gasteiger partial charge >= 0.3 is 0 Å². The Hall–Kier alpha value is -1.31. The zero-order chi connectivity index (χ0) is 11.5. The Morgan fingerprint density at radius 1 is 1.27 bits per heavy atom. The van der Waals surface area contributed by atoms with Gasteiger partial charge in [0.05, 0.1) is 0 Å². The maximum Gasteiger partial charge on any atom is 0.123 e. The first-order valence-corrected chi connectivity index (χ1v) is 5.16. The van der Waals surface area contributed by atoms with Crippen molar-refractivity contribution in [1.82, 2.24) is 0 Å². The molecule has 0 saturated heterocycles. The van der Waals surface area contributed by atoms with E-state index in [0.29, 0.717) is 0 Å². The summed E-state index contributed by atoms with van der Waals surface area (Å²) >= 11 is 0. The van der Waals surface area contributed by atoms with E-state index in [9.17, 15) is 4.79 Å². The quantitative estimate of drug-likeness (QED) is 0.772. The zero-order valence-corrected chi connectivity index (χ0v) is 9.53. The molecule has 0 saturated carbocycles. The van der Waals surface area contributed by atoms with E-state index in [1.807, 2.05) is 12.1 Å². The summed E-state index contributed by atoms with van der Waals surface area (Å²) < 4.78 is 0. The van der Waals surface area contributed by atoms with Gasteiger partial charge in [-0.25, -0.2) is 0 Å². The molecule has 15 heavy (non-hydrogen) atoms. The largest absolute Gasteiger partial charge is 0.508 e. The number of rotatable bonds is 3. The Balaban J connectivity index is 2.76. The predicted molar refractivity (Wildman–Crippen MR) is 60.8 cm³/mol. The van der Waals surface area contributed by atoms with Crippen molar-refractivity contribution >= 4 is 6.29 Å². The molecule has 0 bridgehead atoms. The van der Waals surface area contributed by atoms with Gasteiger partial charge in [0.1, 0.15) is 12.0 Å². The third-order valence-corrected chi connectivity index (χ3v) is 2.67. The van der Waals surface area contributed by atoms with Crippen molar-refractivity contribution in [2.75, 3.05) is 0 Å². The molecule has 0 aliphatic carbocycles. The molecule has 0 aliphatic heterocycles. The van der Waals surface area contributed by atoms with Crippen molar-refractivity contribution in [2.24, 2.45) is 11.3 Å². The number of phenolic OH excluding ortho intramolecular Hbond substituents is 1. The first-order chi connectivity index (χ1) is 6.93. The Bertz CT molecular complexity index is 319. The van der Waals surface area contributed by atoms with Crippen LogP contribution in [0.3, 0.4) is 0 Å². The highest BCUT2D eigenvalue weighted by molar-refractivity contribution is 5.55. The number of carbonyl (C=O) groups excluding carboxylic acids is 1. The maximum absolute atomic E-state index is 11.0. The van der Waals surface area contributed by atoms with Gasteiger partial charge in [0.2, 0.25) is 0 Å². The molecular weight excluding hydrogens is 188 g/mol. The van der Waals surface area contributed by atoms with E-state index >= 15 is 0 Å². The number of hydrogen-bond acceptors (Lipinski definition) is 2. The average molecular weight is 206 g/mol. The van der Waals surface area contributed by atoms with E-state index in [1.54, 1.807) is 12.1 Å². The number of aldehydes is 1. The van der Waals surface area contributed by atoms with E-state index in [2.05, 4.69) is 20.8 Å². The van der Waals surface area contributed by atoms with Gasteiger partial charge in [-0.05, 0) is 29.5 Å². The van der Waals surface area contributed by atoms with Crippen molar-refractivity contribution in [3.05, 3.63) is 29.8 Å². The molecule has 0 aromatic heterocycles. The number of phenols is 1. The summed E-state index contributed by atoms with van der Waals surface area (Å²) in [6, 6.07) is 7.02. The highest BCUT2D eigenvalue weighted by Crippen LogP contribution is 2.27. The second kappa shape index (κ2) is 4.47. The Labute approximate surface area is 90.9 Å². The third-order valence-electron chi connectivity index (χ3n) is 2.67. The monoisotopic (exact) mass is 206 g/mol. The van der Waals surface area contributed by atoms with Crippen LogP contribution in [0.2, 0.25) is 0 Å². The molecule has 82 valence electrons. The van der Waals surface area contributed by atoms with Crippen LogP contribution in [0, 0.1) is 11.3 Å². The highest BCUT2D eigenvalue weighted by atomic mass is 16.3. The minimum Gasteiger partial charge on any atom is -0.508 e. The van der Waals surface area contributed by atoms with Crippen LogP contribution in [0.15, 0.2) is 24.3 Å². The smallest absolute Gasteiger partial charge is 0.123 e. The molecule has 0 amide bonds. The van der Waals surface area contributed by atoms with Gasteiger partial charge in [-0.15, -0.1) is 0 Å². The molecule has 1 atom stereocenters. The lowest BCUT2D eigenvalue weighted by Crippen LogP contribution is -2.23. The number of aromatic hydroxyl groups is 1. The molecule has 0 heterocycles. The molecule has 0 radical (unpaired) electrons. The molecule has 2 heteroatoms. The third kappa shape index (κ3) is 3.39. The van der Waals surface area contributed by atoms with Gasteiger partial charge in [-0.3, -0.25) is 0 Å². The van der Waals surface area contributed by atoms with Gasteiger partial charge in [0, 0.05) is 5.92 Å². The number of hydrogen-bond donors (Lipinski definition) is 1. The van der Waals surface area contributed by atoms with Crippen molar-refractivity contribution in [1.29, 1.82) is 0 Å². The van der Waals surface area contributed by atoms with Crippen LogP contribution in [0.25, 0.3) is 0 Å². The summed E-state index contributed by atoms with van der Waals surface area (Å²) in [5, 5.41) is 9.14. The van der Waals surface area contributed by atoms with Gasteiger partial charge < -0.3 is 9.90 Å². The van der Waals surface area contributed by atoms with Crippen molar-refractivity contribution in [3.8, 4) is 5.75 Å². The summed E-state index contributed by atoms with van der Waals surface area (Å²) in [7, 11) is 0. The fourth-order valence-corrected chi connectivity index (χ4v) is 1.44. The number of benzene rings is 1. The van der Waals surface area contributed by atoms with Crippen LogP contribution in [0.4, 0.5) is 0 Å². The lowest BCUT2D eigenvalue weighted by atomic mass is 9.78. The predicted octanol–water partition coefficient (Wildman–Crippen LogP) is 2.80. The normalized spacial score (nSPS) is 13.5. The van der Waals surface area contributed by atoms with Crippen molar-refractivity contribution < 1.29 is 9.90 Å². The van der Waals surface area contributed by atoms with E-state index in [0.717, 1.165) is 18.3 Å². The van der Waals surface area contributed by atoms with Crippen LogP contribution in [-0.2, 0) is 11.2 Å². The molecule has 0 spiro atoms. The molecule has 1 unspecified atom stereocenters. The minimum atomic E-state index is -0.0142. The fourth-order valence-electron chi connectivity index (χ4n) is 1.44. The summed E-state index contributed by atoms with van der Waals surface area (Å²) in [4.78, 5) is 11.0. The summed E-state index contributed by atoms with van der Waals surface area (Å²) in [5.41, 5.74) is 1.07. The summed E-state index contributed by atoms with van der Waals surface area (Å²) in [5.74, 6) is 0.277. The first kappa shape index (κ1) is 11.8. The summed E-state index contributed by atoms with van der Waals surface area (Å²) in [6.45, 7) is 6.19. The topological polar surface area (TPSA) is 37.3 Å². The van der Waals surface area contributed by atoms with E-state index in [1.165, 1.54) is 0 Å². The molecule has 1 N–H and O–H groups in total. The van der Waals surface area contributed by atoms with E-state index in [4.69, 9.17) is 5.11 Å². The molecule has 2 nitrogen and oxygen atoms in total. The second-order valence-electron chi connectivity index (χ2n) is 4.98. The van der Waals surface area contributed by atoms with E-state index < -0.39 is 0 Å². The molecular formula is C13H18O2. The van der Waals surface area contributed by atoms with Crippen LogP contribution in [0.5, 0.6) is 5.75 Å². The summed E-state index contributed by atoms with van der Waals surface area (Å²) in [6.07, 6.45) is 1.75. The lowest BCUT2D eigenvalue weighted by Gasteiger charge is -2.25. The van der Waals surface area contributed by atoms with E-state index in [-0.39, 0.29) is 17.1 Å². The van der Waals surface area contributed by atoms with Gasteiger partial charge in [0.15, 0.2) is 0 Å². The fraction of sp³-hybridized carbons (Fsp3) is 0.462. The van der Waals surface area contributed by atoms with Crippen LogP contribution >= 0.6 is 0 Å². The standard InChI is InChI=1S/C13H18O2/c1-13(2,3)11(9-14)8-10-4-6-12(15)7-5-10/h4-7,9,11,15H,8H2,1-3H3. The Morgan fingerprint density at radius 2 is 1.80 bits per heavy atom. The Kier molecular flexibility index (Phi) is 3.51. The molecule has 1 rings (SSSR count). The van der Waals surface area contributed by atoms with Gasteiger partial charge in [-0.1, -0.05) is 32.9 Å². The second-order valence-corrected chi connectivity index (χ2v) is 4.98. The molecule has 1 aromatic carbocycles. The van der Waals surface area contributed by atoms with Crippen LogP contribution in [0.1, 0.15) is 26.3 Å². The lowest BCUT2D eigenvalue weighted by molar-refractivity contribution is -0.113. The average Bonchev–Trinajstić information content (AvgIpc) is 2.15. The maximum atomic E-state index is 11.0. The molecule has 1 aromatic rings. The molecule has 0 fully saturated rings. The van der Waals surface area contributed by atoms with Crippen molar-refractivity contribution in [2.45, 2.75) is 27.2 Å². The van der Waals surface area contributed by atoms with Crippen LogP contribution < -0.4 is 0 Å². The zero-order valence-electron chi connectivity index (χ0n) is 9.53. The number of carbonyl (C=O) groups is 1. The van der Waals surface area contributed by atoms with Crippen LogP contribution in [-0.4, -0.2) is 11.4 Å². The molecule has 0 aliphatic rings. The Morgan fingerprint density at radius 3 is 2.20 bits per heavy atom. The highest BCUT2D eigenvalue weighted by Gasteiger charge is 2.23. The SMILES string of the molecule is CC(C)(C)C(C=O)Cc1ccc(O)cc1. The van der Waals surface area contributed by atoms with Gasteiger partial charge in [0.25, 0.3) is 0 Å². The first-order valence-electron chi connectivity index (χ1n) is 5.16. The minimum absolute atomic E-state index is 0.0142.